The summed E-state index contributed by atoms with van der Waals surface area (Å²) in [6.45, 7) is 4.09. The molecule has 0 radical (unpaired) electrons. The Bertz CT molecular complexity index is 1250. The van der Waals surface area contributed by atoms with Crippen molar-refractivity contribution in [3.8, 4) is 11.1 Å². The minimum atomic E-state index is -1.12. The van der Waals surface area contributed by atoms with Gasteiger partial charge in [-0.2, -0.15) is 0 Å². The fourth-order valence-corrected chi connectivity index (χ4v) is 4.35. The number of aliphatic hydroxyl groups excluding tert-OH is 2. The van der Waals surface area contributed by atoms with Crippen molar-refractivity contribution in [1.29, 1.82) is 0 Å². The number of rotatable bonds is 14. The van der Waals surface area contributed by atoms with Gasteiger partial charge in [-0.05, 0) is 56.5 Å². The number of aliphatic hydroxyl groups is 2. The average Bonchev–Trinajstić information content (AvgIpc) is 3.19. The average molecular weight is 529 g/mol. The SMILES string of the molecule is CC(C)n1c(C=C[C@H](O)C[C@H](O)CC(=O)OCCCCO[N+](=O)[O-])c(-c2ccc(F)cc2)c2ccccc21. The van der Waals surface area contributed by atoms with Gasteiger partial charge in [0.25, 0.3) is 5.09 Å². The van der Waals surface area contributed by atoms with E-state index in [4.69, 9.17) is 4.74 Å². The number of esters is 1. The molecule has 0 spiro atoms. The van der Waals surface area contributed by atoms with E-state index < -0.39 is 23.3 Å². The van der Waals surface area contributed by atoms with E-state index in [1.165, 1.54) is 12.1 Å². The van der Waals surface area contributed by atoms with Crippen molar-refractivity contribution in [2.24, 2.45) is 0 Å². The van der Waals surface area contributed by atoms with Crippen LogP contribution in [-0.4, -0.2) is 51.3 Å². The number of para-hydroxylation sites is 1. The third-order valence-corrected chi connectivity index (χ3v) is 5.99. The number of ether oxygens (including phenoxy) is 1. The number of hydrogen-bond acceptors (Lipinski definition) is 7. The van der Waals surface area contributed by atoms with Crippen LogP contribution in [-0.2, 0) is 14.4 Å². The lowest BCUT2D eigenvalue weighted by Gasteiger charge is -2.15. The monoisotopic (exact) mass is 528 g/mol. The van der Waals surface area contributed by atoms with E-state index in [2.05, 4.69) is 23.3 Å². The van der Waals surface area contributed by atoms with Crippen molar-refractivity contribution in [1.82, 2.24) is 4.57 Å². The van der Waals surface area contributed by atoms with Gasteiger partial charge < -0.3 is 24.4 Å². The van der Waals surface area contributed by atoms with E-state index in [1.807, 2.05) is 24.3 Å². The molecular formula is C28H33FN2O7. The highest BCUT2D eigenvalue weighted by molar-refractivity contribution is 6.01. The Kier molecular flexibility index (Phi) is 10.4. The molecule has 0 aliphatic carbocycles. The van der Waals surface area contributed by atoms with E-state index in [1.54, 1.807) is 24.3 Å². The van der Waals surface area contributed by atoms with Gasteiger partial charge in [0, 0.05) is 34.6 Å². The second-order valence-corrected chi connectivity index (χ2v) is 9.25. The van der Waals surface area contributed by atoms with Crippen LogP contribution in [0.15, 0.2) is 54.6 Å². The van der Waals surface area contributed by atoms with Gasteiger partial charge in [0.15, 0.2) is 0 Å². The molecule has 204 valence electrons. The summed E-state index contributed by atoms with van der Waals surface area (Å²) in [5.41, 5.74) is 3.58. The zero-order chi connectivity index (χ0) is 27.7. The Morgan fingerprint density at radius 1 is 1.11 bits per heavy atom. The second kappa shape index (κ2) is 13.7. The van der Waals surface area contributed by atoms with Crippen molar-refractivity contribution in [2.75, 3.05) is 13.2 Å². The van der Waals surface area contributed by atoms with Gasteiger partial charge in [0.1, 0.15) is 5.82 Å². The number of hydrogen-bond donors (Lipinski definition) is 2. The first-order valence-corrected chi connectivity index (χ1v) is 12.5. The molecule has 0 aliphatic heterocycles. The molecule has 9 nitrogen and oxygen atoms in total. The molecule has 3 rings (SSSR count). The third kappa shape index (κ3) is 7.87. The van der Waals surface area contributed by atoms with Crippen LogP contribution in [0.25, 0.3) is 28.1 Å². The van der Waals surface area contributed by atoms with E-state index in [0.717, 1.165) is 27.7 Å². The Morgan fingerprint density at radius 2 is 1.79 bits per heavy atom. The molecule has 0 bridgehead atoms. The molecule has 0 amide bonds. The molecule has 1 aromatic heterocycles. The number of unbranched alkanes of at least 4 members (excludes halogenated alkanes) is 1. The summed E-state index contributed by atoms with van der Waals surface area (Å²) in [4.78, 5) is 26.2. The van der Waals surface area contributed by atoms with Gasteiger partial charge in [-0.25, -0.2) is 4.39 Å². The van der Waals surface area contributed by atoms with Gasteiger partial charge in [-0.1, -0.05) is 36.4 Å². The molecule has 2 aromatic carbocycles. The van der Waals surface area contributed by atoms with Gasteiger partial charge >= 0.3 is 5.97 Å². The molecular weight excluding hydrogens is 495 g/mol. The molecule has 0 aliphatic rings. The van der Waals surface area contributed by atoms with E-state index in [9.17, 15) is 29.5 Å². The molecule has 1 heterocycles. The number of nitrogens with zero attached hydrogens (tertiary/aromatic N) is 2. The number of fused-ring (bicyclic) bond motifs is 1. The van der Waals surface area contributed by atoms with Gasteiger partial charge in [0.2, 0.25) is 0 Å². The van der Waals surface area contributed by atoms with Gasteiger partial charge in [-0.3, -0.25) is 4.79 Å². The molecule has 0 fully saturated rings. The largest absolute Gasteiger partial charge is 0.466 e. The molecule has 38 heavy (non-hydrogen) atoms. The van der Waals surface area contributed by atoms with Crippen LogP contribution >= 0.6 is 0 Å². The summed E-state index contributed by atoms with van der Waals surface area (Å²) in [5, 5.41) is 31.1. The number of benzene rings is 2. The molecule has 0 saturated carbocycles. The molecule has 0 saturated heterocycles. The van der Waals surface area contributed by atoms with E-state index in [-0.39, 0.29) is 37.9 Å². The molecule has 10 heteroatoms. The van der Waals surface area contributed by atoms with Crippen LogP contribution < -0.4 is 0 Å². The molecule has 3 aromatic rings. The predicted molar refractivity (Wildman–Crippen MR) is 141 cm³/mol. The summed E-state index contributed by atoms with van der Waals surface area (Å²) >= 11 is 0. The van der Waals surface area contributed by atoms with Crippen molar-refractivity contribution >= 4 is 22.9 Å². The Morgan fingerprint density at radius 3 is 2.47 bits per heavy atom. The third-order valence-electron chi connectivity index (χ3n) is 5.99. The highest BCUT2D eigenvalue weighted by atomic mass is 19.1. The van der Waals surface area contributed by atoms with Crippen molar-refractivity contribution in [2.45, 2.75) is 57.8 Å². The first kappa shape index (κ1) is 28.8. The lowest BCUT2D eigenvalue weighted by molar-refractivity contribution is -0.757. The Balaban J connectivity index is 1.68. The quantitative estimate of drug-likeness (QED) is 0.129. The highest BCUT2D eigenvalue weighted by Crippen LogP contribution is 2.38. The van der Waals surface area contributed by atoms with E-state index >= 15 is 0 Å². The fourth-order valence-electron chi connectivity index (χ4n) is 4.35. The summed E-state index contributed by atoms with van der Waals surface area (Å²) in [7, 11) is 0. The summed E-state index contributed by atoms with van der Waals surface area (Å²) in [6.07, 6.45) is 1.60. The number of carbonyl (C=O) groups excluding carboxylic acids is 1. The minimum absolute atomic E-state index is 0.0565. The standard InChI is InChI=1S/C28H33FN2O7/c1-19(2)30-25-8-4-3-7-24(25)28(20-9-11-21(29)12-10-20)26(30)14-13-22(32)17-23(33)18-27(34)37-15-5-6-16-38-31(35)36/h3-4,7-14,19,22-23,32-33H,5-6,15-18H2,1-2H3/t22-,23-/m0/s1. The van der Waals surface area contributed by atoms with Gasteiger partial charge in [-0.15, -0.1) is 10.1 Å². The maximum Gasteiger partial charge on any atom is 0.308 e. The van der Waals surface area contributed by atoms with Crippen molar-refractivity contribution in [3.05, 3.63) is 76.2 Å². The van der Waals surface area contributed by atoms with Crippen LogP contribution in [0, 0.1) is 15.9 Å². The fraction of sp³-hybridized carbons (Fsp3) is 0.393. The summed E-state index contributed by atoms with van der Waals surface area (Å²) in [6, 6.07) is 14.3. The van der Waals surface area contributed by atoms with Crippen LogP contribution in [0.5, 0.6) is 0 Å². The number of halogens is 1. The molecule has 0 unspecified atom stereocenters. The first-order valence-electron chi connectivity index (χ1n) is 12.5. The maximum atomic E-state index is 13.6. The lowest BCUT2D eigenvalue weighted by atomic mass is 10.0. The second-order valence-electron chi connectivity index (χ2n) is 9.25. The first-order chi connectivity index (χ1) is 18.2. The van der Waals surface area contributed by atoms with E-state index in [0.29, 0.717) is 12.8 Å². The predicted octanol–water partition coefficient (Wildman–Crippen LogP) is 5.08. The van der Waals surface area contributed by atoms with Crippen LogP contribution in [0.1, 0.15) is 51.3 Å². The summed E-state index contributed by atoms with van der Waals surface area (Å²) < 4.78 is 20.8. The number of carbonyl (C=O) groups is 1. The van der Waals surface area contributed by atoms with Crippen molar-refractivity contribution < 1.29 is 34.1 Å². The molecule has 2 N–H and O–H groups in total. The Hall–Kier alpha value is -3.76. The van der Waals surface area contributed by atoms with Crippen LogP contribution in [0.3, 0.4) is 0 Å². The minimum Gasteiger partial charge on any atom is -0.466 e. The van der Waals surface area contributed by atoms with Gasteiger partial charge in [0.05, 0.1) is 31.8 Å². The summed E-state index contributed by atoms with van der Waals surface area (Å²) in [5.74, 6) is -0.951. The smallest absolute Gasteiger partial charge is 0.308 e. The lowest BCUT2D eigenvalue weighted by Crippen LogP contribution is -2.21. The van der Waals surface area contributed by atoms with Crippen molar-refractivity contribution in [3.63, 3.8) is 0 Å². The topological polar surface area (TPSA) is 124 Å². The normalized spacial score (nSPS) is 13.2. The number of aromatic nitrogens is 1. The zero-order valence-corrected chi connectivity index (χ0v) is 21.5. The zero-order valence-electron chi connectivity index (χ0n) is 21.5. The Labute approximate surface area is 220 Å². The molecule has 2 atom stereocenters. The van der Waals surface area contributed by atoms with Crippen LogP contribution in [0.4, 0.5) is 4.39 Å². The highest BCUT2D eigenvalue weighted by Gasteiger charge is 2.20. The maximum absolute atomic E-state index is 13.6. The van der Waals surface area contributed by atoms with Crippen LogP contribution in [0.2, 0.25) is 0 Å².